The monoisotopic (exact) mass is 242 g/mol. The third-order valence-electron chi connectivity index (χ3n) is 2.82. The number of ether oxygens (including phenoxy) is 2. The second kappa shape index (κ2) is 13.7. The van der Waals surface area contributed by atoms with Crippen molar-refractivity contribution in [3.05, 3.63) is 12.2 Å². The van der Waals surface area contributed by atoms with Gasteiger partial charge in [-0.05, 0) is 19.3 Å². The predicted octanol–water partition coefficient (Wildman–Crippen LogP) is 4.69. The van der Waals surface area contributed by atoms with Crippen LogP contribution in [0.5, 0.6) is 0 Å². The molecule has 0 heterocycles. The molecule has 0 spiro atoms. The molecule has 2 nitrogen and oxygen atoms in total. The van der Waals surface area contributed by atoms with Gasteiger partial charge in [0.15, 0.2) is 0 Å². The second-order valence-corrected chi connectivity index (χ2v) is 4.53. The van der Waals surface area contributed by atoms with Crippen molar-refractivity contribution >= 4 is 0 Å². The van der Waals surface area contributed by atoms with Crippen LogP contribution < -0.4 is 0 Å². The van der Waals surface area contributed by atoms with E-state index in [1.165, 1.54) is 44.9 Å². The molecule has 0 saturated heterocycles. The lowest BCUT2D eigenvalue weighted by molar-refractivity contribution is -0.0580. The maximum Gasteiger partial charge on any atom is 0.147 e. The highest BCUT2D eigenvalue weighted by atomic mass is 16.7. The summed E-state index contributed by atoms with van der Waals surface area (Å²) in [5, 5.41) is 0. The van der Waals surface area contributed by atoms with Crippen LogP contribution in [0.15, 0.2) is 12.2 Å². The molecule has 0 aromatic rings. The molecule has 1 atom stereocenters. The zero-order chi connectivity index (χ0) is 12.8. The van der Waals surface area contributed by atoms with Gasteiger partial charge in [-0.15, -0.1) is 0 Å². The Balaban J connectivity index is 3.73. The topological polar surface area (TPSA) is 18.5 Å². The Morgan fingerprint density at radius 1 is 1.00 bits per heavy atom. The van der Waals surface area contributed by atoms with E-state index in [4.69, 9.17) is 9.47 Å². The third-order valence-corrected chi connectivity index (χ3v) is 2.82. The molecule has 0 aromatic heterocycles. The number of hydrogen-bond donors (Lipinski definition) is 0. The Kier molecular flexibility index (Phi) is 13.4. The Labute approximate surface area is 107 Å². The first-order valence-corrected chi connectivity index (χ1v) is 7.12. The van der Waals surface area contributed by atoms with E-state index in [2.05, 4.69) is 26.0 Å². The molecule has 0 aromatic carbocycles. The van der Waals surface area contributed by atoms with Gasteiger partial charge >= 0.3 is 0 Å². The van der Waals surface area contributed by atoms with E-state index in [-0.39, 0.29) is 6.10 Å². The molecular formula is C15H30O2. The molecule has 1 unspecified atom stereocenters. The van der Waals surface area contributed by atoms with Crippen molar-refractivity contribution in [3.8, 4) is 0 Å². The van der Waals surface area contributed by atoms with Gasteiger partial charge in [-0.1, -0.05) is 58.1 Å². The number of hydrogen-bond acceptors (Lipinski definition) is 2. The van der Waals surface area contributed by atoms with E-state index >= 15 is 0 Å². The van der Waals surface area contributed by atoms with Crippen LogP contribution in [0.4, 0.5) is 0 Å². The van der Waals surface area contributed by atoms with Gasteiger partial charge in [-0.25, -0.2) is 0 Å². The van der Waals surface area contributed by atoms with Crippen LogP contribution >= 0.6 is 0 Å². The maximum absolute atomic E-state index is 5.64. The predicted molar refractivity (Wildman–Crippen MR) is 74.2 cm³/mol. The summed E-state index contributed by atoms with van der Waals surface area (Å²) in [5.41, 5.74) is 0. The van der Waals surface area contributed by atoms with Gasteiger partial charge in [0.1, 0.15) is 6.79 Å². The maximum atomic E-state index is 5.64. The van der Waals surface area contributed by atoms with Crippen LogP contribution in [-0.2, 0) is 9.47 Å². The van der Waals surface area contributed by atoms with Gasteiger partial charge in [0.2, 0.25) is 0 Å². The number of allylic oxidation sites excluding steroid dienone is 1. The molecule has 0 aliphatic rings. The first-order valence-electron chi connectivity index (χ1n) is 7.12. The van der Waals surface area contributed by atoms with Crippen molar-refractivity contribution in [3.63, 3.8) is 0 Å². The Hall–Kier alpha value is -0.340. The van der Waals surface area contributed by atoms with Crippen molar-refractivity contribution < 1.29 is 9.47 Å². The van der Waals surface area contributed by atoms with Crippen molar-refractivity contribution in [2.24, 2.45) is 0 Å². The molecule has 0 amide bonds. The first-order chi connectivity index (χ1) is 8.35. The van der Waals surface area contributed by atoms with Crippen LogP contribution in [0.25, 0.3) is 0 Å². The highest BCUT2D eigenvalue weighted by molar-refractivity contribution is 4.89. The molecule has 2 heteroatoms. The third kappa shape index (κ3) is 11.9. The molecule has 0 saturated carbocycles. The minimum atomic E-state index is 0.239. The van der Waals surface area contributed by atoms with E-state index in [9.17, 15) is 0 Å². The van der Waals surface area contributed by atoms with Gasteiger partial charge in [0, 0.05) is 7.11 Å². The molecule has 0 aliphatic carbocycles. The van der Waals surface area contributed by atoms with Crippen LogP contribution in [0.1, 0.15) is 65.2 Å². The van der Waals surface area contributed by atoms with E-state index < -0.39 is 0 Å². The van der Waals surface area contributed by atoms with Crippen LogP contribution in [0, 0.1) is 0 Å². The van der Waals surface area contributed by atoms with Crippen LogP contribution in [-0.4, -0.2) is 20.0 Å². The summed E-state index contributed by atoms with van der Waals surface area (Å²) >= 11 is 0. The summed E-state index contributed by atoms with van der Waals surface area (Å²) in [6.07, 6.45) is 14.7. The van der Waals surface area contributed by atoms with E-state index in [0.717, 1.165) is 6.42 Å². The summed E-state index contributed by atoms with van der Waals surface area (Å²) in [7, 11) is 1.67. The van der Waals surface area contributed by atoms with Crippen molar-refractivity contribution in [1.82, 2.24) is 0 Å². The zero-order valence-electron chi connectivity index (χ0n) is 11.9. The van der Waals surface area contributed by atoms with Gasteiger partial charge in [-0.2, -0.15) is 0 Å². The fourth-order valence-corrected chi connectivity index (χ4v) is 1.75. The molecule has 17 heavy (non-hydrogen) atoms. The Morgan fingerprint density at radius 3 is 2.35 bits per heavy atom. The molecule has 0 bridgehead atoms. The van der Waals surface area contributed by atoms with Crippen LogP contribution in [0.2, 0.25) is 0 Å². The lowest BCUT2D eigenvalue weighted by Crippen LogP contribution is -2.11. The Morgan fingerprint density at radius 2 is 1.71 bits per heavy atom. The van der Waals surface area contributed by atoms with Gasteiger partial charge < -0.3 is 9.47 Å². The average Bonchev–Trinajstić information content (AvgIpc) is 2.35. The van der Waals surface area contributed by atoms with E-state index in [1.54, 1.807) is 7.11 Å². The number of rotatable bonds is 12. The Bertz CT molecular complexity index is 166. The minimum Gasteiger partial charge on any atom is -0.359 e. The average molecular weight is 242 g/mol. The molecule has 0 radical (unpaired) electrons. The smallest absolute Gasteiger partial charge is 0.147 e. The quantitative estimate of drug-likeness (QED) is 0.281. The van der Waals surface area contributed by atoms with Crippen molar-refractivity contribution in [1.29, 1.82) is 0 Å². The molecule has 0 fully saturated rings. The van der Waals surface area contributed by atoms with Crippen molar-refractivity contribution in [2.45, 2.75) is 71.3 Å². The summed E-state index contributed by atoms with van der Waals surface area (Å²) < 4.78 is 10.6. The normalized spacial score (nSPS) is 13.4. The zero-order valence-corrected chi connectivity index (χ0v) is 11.9. The fourth-order valence-electron chi connectivity index (χ4n) is 1.75. The van der Waals surface area contributed by atoms with Crippen molar-refractivity contribution in [2.75, 3.05) is 13.9 Å². The SMILES string of the molecule is CCCCC/C=C/C(CCCCC)OCOC. The summed E-state index contributed by atoms with van der Waals surface area (Å²) in [4.78, 5) is 0. The van der Waals surface area contributed by atoms with Gasteiger partial charge in [0.05, 0.1) is 6.10 Å². The molecular weight excluding hydrogens is 212 g/mol. The molecule has 0 rings (SSSR count). The fraction of sp³-hybridized carbons (Fsp3) is 0.867. The first kappa shape index (κ1) is 16.7. The van der Waals surface area contributed by atoms with Gasteiger partial charge in [-0.3, -0.25) is 0 Å². The lowest BCUT2D eigenvalue weighted by Gasteiger charge is -2.13. The minimum absolute atomic E-state index is 0.239. The summed E-state index contributed by atoms with van der Waals surface area (Å²) in [5.74, 6) is 0. The number of unbranched alkanes of at least 4 members (excludes halogenated alkanes) is 5. The molecule has 102 valence electrons. The highest BCUT2D eigenvalue weighted by Gasteiger charge is 2.03. The number of methoxy groups -OCH3 is 1. The summed E-state index contributed by atoms with van der Waals surface area (Å²) in [6, 6.07) is 0. The largest absolute Gasteiger partial charge is 0.359 e. The van der Waals surface area contributed by atoms with E-state index in [1.807, 2.05) is 0 Å². The van der Waals surface area contributed by atoms with Gasteiger partial charge in [0.25, 0.3) is 0 Å². The van der Waals surface area contributed by atoms with Crippen LogP contribution in [0.3, 0.4) is 0 Å². The second-order valence-electron chi connectivity index (χ2n) is 4.53. The summed E-state index contributed by atoms with van der Waals surface area (Å²) in [6.45, 7) is 4.86. The molecule has 0 aliphatic heterocycles. The molecule has 0 N–H and O–H groups in total. The van der Waals surface area contributed by atoms with E-state index in [0.29, 0.717) is 6.79 Å². The lowest BCUT2D eigenvalue weighted by atomic mass is 10.1. The standard InChI is InChI=1S/C15H30O2/c1-4-6-8-9-11-13-15(17-14-16-3)12-10-7-5-2/h11,13,15H,4-10,12,14H2,1-3H3/b13-11+. The highest BCUT2D eigenvalue weighted by Crippen LogP contribution is 2.09.